The highest BCUT2D eigenvalue weighted by Crippen LogP contribution is 2.29. The SMILES string of the molecule is CCSC1CCC(NC=O)C1. The van der Waals surface area contributed by atoms with E-state index < -0.39 is 0 Å². The van der Waals surface area contributed by atoms with Crippen LogP contribution in [0.1, 0.15) is 26.2 Å². The van der Waals surface area contributed by atoms with E-state index in [0.29, 0.717) is 6.04 Å². The van der Waals surface area contributed by atoms with Crippen molar-refractivity contribution in [1.82, 2.24) is 5.32 Å². The minimum absolute atomic E-state index is 0.455. The molecule has 0 spiro atoms. The fourth-order valence-electron chi connectivity index (χ4n) is 1.57. The van der Waals surface area contributed by atoms with E-state index in [9.17, 15) is 4.79 Å². The first kappa shape index (κ1) is 8.91. The Bertz CT molecular complexity index is 129. The summed E-state index contributed by atoms with van der Waals surface area (Å²) in [6.07, 6.45) is 4.42. The zero-order chi connectivity index (χ0) is 8.10. The first-order valence-electron chi connectivity index (χ1n) is 4.18. The second-order valence-corrected chi connectivity index (χ2v) is 4.45. The lowest BCUT2D eigenvalue weighted by Gasteiger charge is -2.08. The van der Waals surface area contributed by atoms with Crippen molar-refractivity contribution in [2.24, 2.45) is 0 Å². The minimum Gasteiger partial charge on any atom is -0.356 e. The summed E-state index contributed by atoms with van der Waals surface area (Å²) in [7, 11) is 0. The number of amides is 1. The van der Waals surface area contributed by atoms with Gasteiger partial charge >= 0.3 is 0 Å². The number of nitrogens with one attached hydrogen (secondary N) is 1. The van der Waals surface area contributed by atoms with Gasteiger partial charge in [-0.25, -0.2) is 0 Å². The van der Waals surface area contributed by atoms with Gasteiger partial charge in [-0.3, -0.25) is 4.79 Å². The van der Waals surface area contributed by atoms with Crippen LogP contribution >= 0.6 is 11.8 Å². The molecule has 3 heteroatoms. The molecule has 1 fully saturated rings. The second kappa shape index (κ2) is 4.65. The normalized spacial score (nSPS) is 30.3. The Labute approximate surface area is 72.1 Å². The molecule has 0 radical (unpaired) electrons. The third-order valence-corrected chi connectivity index (χ3v) is 3.32. The third kappa shape index (κ3) is 2.73. The Morgan fingerprint density at radius 2 is 2.45 bits per heavy atom. The van der Waals surface area contributed by atoms with Crippen molar-refractivity contribution >= 4 is 18.2 Å². The largest absolute Gasteiger partial charge is 0.356 e. The molecule has 0 saturated heterocycles. The van der Waals surface area contributed by atoms with Gasteiger partial charge in [-0.2, -0.15) is 11.8 Å². The van der Waals surface area contributed by atoms with Crippen LogP contribution in [-0.4, -0.2) is 23.5 Å². The number of hydrogen-bond acceptors (Lipinski definition) is 2. The number of hydrogen-bond donors (Lipinski definition) is 1. The maximum atomic E-state index is 10.1. The average molecular weight is 173 g/mol. The van der Waals surface area contributed by atoms with Gasteiger partial charge in [0.15, 0.2) is 0 Å². The van der Waals surface area contributed by atoms with E-state index in [0.717, 1.165) is 24.5 Å². The minimum atomic E-state index is 0.455. The molecule has 1 amide bonds. The molecule has 0 aliphatic heterocycles. The molecule has 0 aromatic carbocycles. The van der Waals surface area contributed by atoms with Gasteiger partial charge in [0.1, 0.15) is 0 Å². The fourth-order valence-corrected chi connectivity index (χ4v) is 2.72. The molecule has 2 unspecified atom stereocenters. The first-order valence-corrected chi connectivity index (χ1v) is 5.23. The maximum Gasteiger partial charge on any atom is 0.207 e. The van der Waals surface area contributed by atoms with Crippen LogP contribution in [0.3, 0.4) is 0 Å². The summed E-state index contributed by atoms with van der Waals surface area (Å²) in [6, 6.07) is 0.455. The molecular formula is C8H15NOS. The van der Waals surface area contributed by atoms with Crippen molar-refractivity contribution in [3.63, 3.8) is 0 Å². The highest BCUT2D eigenvalue weighted by Gasteiger charge is 2.23. The first-order chi connectivity index (χ1) is 5.36. The number of carbonyl (C=O) groups is 1. The van der Waals surface area contributed by atoms with Crippen LogP contribution in [0.15, 0.2) is 0 Å². The summed E-state index contributed by atoms with van der Waals surface area (Å²) in [4.78, 5) is 10.1. The van der Waals surface area contributed by atoms with Gasteiger partial charge in [0.2, 0.25) is 6.41 Å². The predicted octanol–water partition coefficient (Wildman–Crippen LogP) is 1.41. The second-order valence-electron chi connectivity index (χ2n) is 2.87. The van der Waals surface area contributed by atoms with Gasteiger partial charge in [0, 0.05) is 11.3 Å². The molecule has 2 nitrogen and oxygen atoms in total. The lowest BCUT2D eigenvalue weighted by atomic mass is 10.3. The molecule has 1 aliphatic rings. The zero-order valence-electron chi connectivity index (χ0n) is 6.88. The van der Waals surface area contributed by atoms with Crippen molar-refractivity contribution in [1.29, 1.82) is 0 Å². The molecule has 1 aliphatic carbocycles. The van der Waals surface area contributed by atoms with Gasteiger partial charge in [0.25, 0.3) is 0 Å². The van der Waals surface area contributed by atoms with E-state index in [2.05, 4.69) is 12.2 Å². The standard InChI is InChI=1S/C8H15NOS/c1-2-11-8-4-3-7(5-8)9-6-10/h6-8H,2-5H2,1H3,(H,9,10). The summed E-state index contributed by atoms with van der Waals surface area (Å²) in [5, 5.41) is 3.63. The van der Waals surface area contributed by atoms with Crippen molar-refractivity contribution in [3.05, 3.63) is 0 Å². The number of rotatable bonds is 4. The van der Waals surface area contributed by atoms with E-state index in [1.54, 1.807) is 0 Å². The molecule has 64 valence electrons. The molecule has 1 rings (SSSR count). The van der Waals surface area contributed by atoms with Gasteiger partial charge in [-0.1, -0.05) is 6.92 Å². The Kier molecular flexibility index (Phi) is 3.77. The average Bonchev–Trinajstić information content (AvgIpc) is 2.38. The molecule has 1 N–H and O–H groups in total. The van der Waals surface area contributed by atoms with Crippen LogP contribution in [0, 0.1) is 0 Å². The molecule has 1 saturated carbocycles. The lowest BCUT2D eigenvalue weighted by molar-refractivity contribution is -0.110. The van der Waals surface area contributed by atoms with E-state index in [4.69, 9.17) is 0 Å². The molecule has 0 heterocycles. The maximum absolute atomic E-state index is 10.1. The van der Waals surface area contributed by atoms with Crippen LogP contribution < -0.4 is 5.32 Å². The van der Waals surface area contributed by atoms with Gasteiger partial charge in [0.05, 0.1) is 0 Å². The fraction of sp³-hybridized carbons (Fsp3) is 0.875. The van der Waals surface area contributed by atoms with Crippen molar-refractivity contribution in [2.45, 2.75) is 37.5 Å². The van der Waals surface area contributed by atoms with Crippen LogP contribution in [0.25, 0.3) is 0 Å². The molecule has 2 atom stereocenters. The Morgan fingerprint density at radius 3 is 3.09 bits per heavy atom. The Hall–Kier alpha value is -0.180. The molecule has 0 aromatic heterocycles. The predicted molar refractivity (Wildman–Crippen MR) is 48.8 cm³/mol. The van der Waals surface area contributed by atoms with Gasteiger partial charge in [-0.05, 0) is 25.0 Å². The van der Waals surface area contributed by atoms with E-state index in [1.165, 1.54) is 12.2 Å². The number of carbonyl (C=O) groups excluding carboxylic acids is 1. The molecule has 0 bridgehead atoms. The van der Waals surface area contributed by atoms with Crippen molar-refractivity contribution in [2.75, 3.05) is 5.75 Å². The topological polar surface area (TPSA) is 29.1 Å². The van der Waals surface area contributed by atoms with Crippen LogP contribution in [-0.2, 0) is 4.79 Å². The van der Waals surface area contributed by atoms with E-state index in [-0.39, 0.29) is 0 Å². The molecule has 0 aromatic rings. The summed E-state index contributed by atoms with van der Waals surface area (Å²) >= 11 is 2.01. The van der Waals surface area contributed by atoms with Crippen LogP contribution in [0.5, 0.6) is 0 Å². The van der Waals surface area contributed by atoms with Crippen molar-refractivity contribution < 1.29 is 4.79 Å². The van der Waals surface area contributed by atoms with Gasteiger partial charge in [-0.15, -0.1) is 0 Å². The quantitative estimate of drug-likeness (QED) is 0.651. The third-order valence-electron chi connectivity index (χ3n) is 2.09. The van der Waals surface area contributed by atoms with E-state index >= 15 is 0 Å². The Morgan fingerprint density at radius 1 is 1.64 bits per heavy atom. The van der Waals surface area contributed by atoms with Gasteiger partial charge < -0.3 is 5.32 Å². The summed E-state index contributed by atoms with van der Waals surface area (Å²) < 4.78 is 0. The van der Waals surface area contributed by atoms with Crippen LogP contribution in [0.4, 0.5) is 0 Å². The molecular weight excluding hydrogens is 158 g/mol. The Balaban J connectivity index is 2.17. The lowest BCUT2D eigenvalue weighted by Crippen LogP contribution is -2.24. The van der Waals surface area contributed by atoms with Crippen LogP contribution in [0.2, 0.25) is 0 Å². The van der Waals surface area contributed by atoms with E-state index in [1.807, 2.05) is 11.8 Å². The monoisotopic (exact) mass is 173 g/mol. The summed E-state index contributed by atoms with van der Waals surface area (Å²) in [6.45, 7) is 2.19. The highest BCUT2D eigenvalue weighted by atomic mass is 32.2. The van der Waals surface area contributed by atoms with Crippen molar-refractivity contribution in [3.8, 4) is 0 Å². The smallest absolute Gasteiger partial charge is 0.207 e. The zero-order valence-corrected chi connectivity index (χ0v) is 7.69. The highest BCUT2D eigenvalue weighted by molar-refractivity contribution is 7.99. The molecule has 11 heavy (non-hydrogen) atoms. The summed E-state index contributed by atoms with van der Waals surface area (Å²) in [5.74, 6) is 1.19. The summed E-state index contributed by atoms with van der Waals surface area (Å²) in [5.41, 5.74) is 0. The number of thioether (sulfide) groups is 1.